The average molecular weight is 394 g/mol. The van der Waals surface area contributed by atoms with E-state index in [0.717, 1.165) is 28.0 Å². The molecule has 0 spiro atoms. The Bertz CT molecular complexity index is 597. The zero-order valence-corrected chi connectivity index (χ0v) is 15.1. The van der Waals surface area contributed by atoms with E-state index in [1.54, 1.807) is 18.2 Å². The largest absolute Gasteiger partial charge is 0.359 e. The lowest BCUT2D eigenvalue weighted by molar-refractivity contribution is 0.0651. The van der Waals surface area contributed by atoms with Gasteiger partial charge in [0.25, 0.3) is 0 Å². The molecule has 0 aliphatic heterocycles. The van der Waals surface area contributed by atoms with Crippen LogP contribution in [0.1, 0.15) is 11.3 Å². The van der Waals surface area contributed by atoms with Crippen LogP contribution in [0.5, 0.6) is 0 Å². The van der Waals surface area contributed by atoms with Crippen LogP contribution in [0.15, 0.2) is 33.3 Å². The van der Waals surface area contributed by atoms with Crippen molar-refractivity contribution >= 4 is 53.2 Å². The highest BCUT2D eigenvalue weighted by Gasteiger charge is 2.17. The van der Waals surface area contributed by atoms with Gasteiger partial charge in [0, 0.05) is 17.1 Å². The first-order valence-corrected chi connectivity index (χ1v) is 7.24. The second-order valence-corrected chi connectivity index (χ2v) is 5.76. The summed E-state index contributed by atoms with van der Waals surface area (Å²) < 4.78 is 12.8. The predicted octanol–water partition coefficient (Wildman–Crippen LogP) is 3.99. The van der Waals surface area contributed by atoms with Gasteiger partial charge in [0.1, 0.15) is 18.0 Å². The molecule has 9 heteroatoms. The van der Waals surface area contributed by atoms with Crippen LogP contribution < -0.4 is 9.53 Å². The zero-order valence-electron chi connectivity index (χ0n) is 11.7. The Kier molecular flexibility index (Phi) is 6.88. The van der Waals surface area contributed by atoms with Gasteiger partial charge in [-0.2, -0.15) is 17.8 Å². The maximum Gasteiger partial charge on any atom is 0.229 e. The Morgan fingerprint density at radius 1 is 1.33 bits per heavy atom. The summed E-state index contributed by atoms with van der Waals surface area (Å²) in [6, 6.07) is 7.69. The van der Waals surface area contributed by atoms with E-state index in [9.17, 15) is 5.21 Å². The minimum Gasteiger partial charge on any atom is -0.359 e. The maximum atomic E-state index is 9.81. The standard InChI is InChI=1S/C12H14BrN3O3S.H2S/c1-8-9(2)18-14-12(8)16(17)19-20-15(3)11-7-5-4-6-10(11)13;/h4-7,17H,1-3H3;1H2. The molecule has 0 saturated heterocycles. The summed E-state index contributed by atoms with van der Waals surface area (Å²) >= 11 is 4.41. The Morgan fingerprint density at radius 2 is 2.00 bits per heavy atom. The molecule has 116 valence electrons. The fourth-order valence-electron chi connectivity index (χ4n) is 1.45. The third kappa shape index (κ3) is 4.30. The molecule has 0 bridgehead atoms. The fourth-order valence-corrected chi connectivity index (χ4v) is 2.59. The molecule has 0 saturated carbocycles. The van der Waals surface area contributed by atoms with Crippen molar-refractivity contribution in [2.75, 3.05) is 16.6 Å². The molecule has 0 amide bonds. The lowest BCUT2D eigenvalue weighted by Crippen LogP contribution is -2.20. The molecule has 1 heterocycles. The van der Waals surface area contributed by atoms with Crippen LogP contribution in [0.4, 0.5) is 11.5 Å². The minimum atomic E-state index is 0. The molecule has 6 nitrogen and oxygen atoms in total. The highest BCUT2D eigenvalue weighted by atomic mass is 79.9. The van der Waals surface area contributed by atoms with Gasteiger partial charge in [0.15, 0.2) is 0 Å². The molecule has 0 aliphatic rings. The van der Waals surface area contributed by atoms with Gasteiger partial charge in [0.2, 0.25) is 5.82 Å². The van der Waals surface area contributed by atoms with Crippen molar-refractivity contribution in [3.05, 3.63) is 40.1 Å². The molecule has 0 aliphatic carbocycles. The number of aromatic nitrogens is 1. The van der Waals surface area contributed by atoms with Gasteiger partial charge in [-0.1, -0.05) is 22.5 Å². The van der Waals surface area contributed by atoms with Crippen molar-refractivity contribution < 1.29 is 14.0 Å². The van der Waals surface area contributed by atoms with Crippen molar-refractivity contribution in [1.29, 1.82) is 0 Å². The molecule has 2 rings (SSSR count). The molecule has 1 N–H and O–H groups in total. The molecular weight excluding hydrogens is 378 g/mol. The number of rotatable bonds is 5. The van der Waals surface area contributed by atoms with Crippen molar-refractivity contribution in [2.45, 2.75) is 13.8 Å². The molecule has 1 aromatic carbocycles. The smallest absolute Gasteiger partial charge is 0.229 e. The number of halogens is 1. The van der Waals surface area contributed by atoms with Gasteiger partial charge < -0.3 is 4.52 Å². The summed E-state index contributed by atoms with van der Waals surface area (Å²) in [4.78, 5) is 0. The monoisotopic (exact) mass is 393 g/mol. The molecular formula is C12H16BrN3O3S2. The van der Waals surface area contributed by atoms with Gasteiger partial charge in [0.05, 0.1) is 5.69 Å². The molecule has 2 aromatic rings. The second-order valence-electron chi connectivity index (χ2n) is 4.06. The van der Waals surface area contributed by atoms with Gasteiger partial charge in [-0.15, -0.1) is 0 Å². The van der Waals surface area contributed by atoms with Gasteiger partial charge in [-0.25, -0.2) is 0 Å². The molecule has 21 heavy (non-hydrogen) atoms. The number of anilines is 2. The van der Waals surface area contributed by atoms with Crippen molar-refractivity contribution in [2.24, 2.45) is 0 Å². The Morgan fingerprint density at radius 3 is 2.57 bits per heavy atom. The number of benzene rings is 1. The lowest BCUT2D eigenvalue weighted by Gasteiger charge is -2.20. The van der Waals surface area contributed by atoms with Gasteiger partial charge in [-0.05, 0) is 41.9 Å². The Hall–Kier alpha value is -0.870. The molecule has 0 fully saturated rings. The highest BCUT2D eigenvalue weighted by molar-refractivity contribution is 9.10. The van der Waals surface area contributed by atoms with E-state index in [4.69, 9.17) is 8.81 Å². The number of nitrogens with zero attached hydrogens (tertiary/aromatic N) is 3. The van der Waals surface area contributed by atoms with Crippen molar-refractivity contribution in [3.8, 4) is 0 Å². The zero-order chi connectivity index (χ0) is 14.7. The summed E-state index contributed by atoms with van der Waals surface area (Å²) in [6.45, 7) is 3.55. The average Bonchev–Trinajstić information content (AvgIpc) is 2.76. The maximum absolute atomic E-state index is 9.81. The number of aryl methyl sites for hydroxylation is 1. The number of para-hydroxylation sites is 1. The summed E-state index contributed by atoms with van der Waals surface area (Å²) in [7, 11) is 1.82. The van der Waals surface area contributed by atoms with Crippen LogP contribution in [0.3, 0.4) is 0 Å². The summed E-state index contributed by atoms with van der Waals surface area (Å²) in [5, 5.41) is 14.1. The quantitative estimate of drug-likeness (QED) is 0.467. The number of hydrogen-bond acceptors (Lipinski definition) is 7. The van der Waals surface area contributed by atoms with E-state index in [1.807, 2.05) is 31.3 Å². The fraction of sp³-hybridized carbons (Fsp3) is 0.250. The Labute approximate surface area is 142 Å². The third-order valence-corrected chi connectivity index (χ3v) is 4.02. The van der Waals surface area contributed by atoms with Crippen LogP contribution in [0.25, 0.3) is 0 Å². The van der Waals surface area contributed by atoms with E-state index in [2.05, 4.69) is 21.1 Å². The summed E-state index contributed by atoms with van der Waals surface area (Å²) in [6.07, 6.45) is 0. The van der Waals surface area contributed by atoms with E-state index in [-0.39, 0.29) is 19.3 Å². The normalized spacial score (nSPS) is 10.1. The summed E-state index contributed by atoms with van der Waals surface area (Å²) in [5.41, 5.74) is 1.63. The van der Waals surface area contributed by atoms with Crippen LogP contribution in [-0.4, -0.2) is 17.4 Å². The first kappa shape index (κ1) is 18.2. The topological polar surface area (TPSA) is 62.0 Å². The molecule has 0 atom stereocenters. The first-order chi connectivity index (χ1) is 9.50. The van der Waals surface area contributed by atoms with E-state index < -0.39 is 0 Å². The molecule has 0 radical (unpaired) electrons. The summed E-state index contributed by atoms with van der Waals surface area (Å²) in [5.74, 6) is 0.863. The van der Waals surface area contributed by atoms with Crippen molar-refractivity contribution in [1.82, 2.24) is 5.16 Å². The second kappa shape index (κ2) is 7.95. The minimum absolute atomic E-state index is 0. The van der Waals surface area contributed by atoms with Crippen LogP contribution in [0, 0.1) is 13.8 Å². The van der Waals surface area contributed by atoms with Gasteiger partial charge >= 0.3 is 0 Å². The van der Waals surface area contributed by atoms with Crippen LogP contribution >= 0.6 is 41.7 Å². The molecule has 0 unspecified atom stereocenters. The van der Waals surface area contributed by atoms with Crippen LogP contribution in [-0.2, 0) is 4.28 Å². The predicted molar refractivity (Wildman–Crippen MR) is 91.8 cm³/mol. The SMILES string of the molecule is Cc1onc(N(O)OSN(C)c2ccccc2Br)c1C.S. The Balaban J connectivity index is 0.00000220. The number of hydrogen-bond donors (Lipinski definition) is 1. The van der Waals surface area contributed by atoms with Gasteiger partial charge in [-0.3, -0.25) is 9.51 Å². The van der Waals surface area contributed by atoms with E-state index in [1.165, 1.54) is 0 Å². The van der Waals surface area contributed by atoms with Crippen LogP contribution in [0.2, 0.25) is 0 Å². The first-order valence-electron chi connectivity index (χ1n) is 5.75. The van der Waals surface area contributed by atoms with Crippen molar-refractivity contribution in [3.63, 3.8) is 0 Å². The lowest BCUT2D eigenvalue weighted by atomic mass is 10.3. The third-order valence-electron chi connectivity index (χ3n) is 2.72. The molecule has 1 aromatic heterocycles. The van der Waals surface area contributed by atoms with E-state index in [0.29, 0.717) is 11.0 Å². The highest BCUT2D eigenvalue weighted by Crippen LogP contribution is 2.30. The van der Waals surface area contributed by atoms with E-state index >= 15 is 0 Å².